The highest BCUT2D eigenvalue weighted by Crippen LogP contribution is 2.30. The number of carbonyl (C=O) groups excluding carboxylic acids is 1. The van der Waals surface area contributed by atoms with Crippen LogP contribution in [0, 0.1) is 13.8 Å². The highest BCUT2D eigenvalue weighted by Gasteiger charge is 2.20. The van der Waals surface area contributed by atoms with Crippen LogP contribution >= 0.6 is 11.8 Å². The van der Waals surface area contributed by atoms with Gasteiger partial charge in [-0.1, -0.05) is 59.3 Å². The van der Waals surface area contributed by atoms with E-state index in [0.717, 1.165) is 22.2 Å². The fourth-order valence-electron chi connectivity index (χ4n) is 2.40. The van der Waals surface area contributed by atoms with E-state index < -0.39 is 0 Å². The number of aryl methyl sites for hydroxylation is 2. The Hall–Kier alpha value is -2.40. The number of Topliss-reactive ketones (excluding diaryl/α,β-unsaturated/α-hetero) is 1. The van der Waals surface area contributed by atoms with Crippen LogP contribution in [0.4, 0.5) is 0 Å². The zero-order valence-corrected chi connectivity index (χ0v) is 15.7. The molecule has 0 amide bonds. The number of hydrogen-bond acceptors (Lipinski definition) is 4. The van der Waals surface area contributed by atoms with E-state index in [-0.39, 0.29) is 11.0 Å². The number of hydrogen-bond donors (Lipinski definition) is 0. The smallest absolute Gasteiger partial charge is 0.196 e. The fourth-order valence-corrected chi connectivity index (χ4v) is 3.27. The topological polar surface area (TPSA) is 47.8 Å². The molecule has 128 valence electrons. The Morgan fingerprint density at radius 2 is 1.52 bits per heavy atom. The van der Waals surface area contributed by atoms with Gasteiger partial charge in [0.25, 0.3) is 0 Å². The Kier molecular flexibility index (Phi) is 5.04. The molecule has 1 aromatic heterocycles. The molecule has 3 rings (SSSR count). The number of aromatic nitrogens is 3. The van der Waals surface area contributed by atoms with Crippen molar-refractivity contribution in [3.8, 4) is 17.1 Å². The van der Waals surface area contributed by atoms with E-state index in [2.05, 4.69) is 60.4 Å². The van der Waals surface area contributed by atoms with Gasteiger partial charge in [-0.15, -0.1) is 10.2 Å². The van der Waals surface area contributed by atoms with Crippen LogP contribution in [-0.4, -0.2) is 25.8 Å². The molecule has 0 fully saturated rings. The minimum absolute atomic E-state index is 0.125. The van der Waals surface area contributed by atoms with E-state index >= 15 is 0 Å². The van der Waals surface area contributed by atoms with E-state index in [1.54, 1.807) is 6.92 Å². The first kappa shape index (κ1) is 17.4. The normalized spacial score (nSPS) is 12.2. The van der Waals surface area contributed by atoms with E-state index in [1.807, 2.05) is 23.6 Å². The van der Waals surface area contributed by atoms with Gasteiger partial charge in [-0.25, -0.2) is 0 Å². The minimum atomic E-state index is -0.167. The molecule has 25 heavy (non-hydrogen) atoms. The summed E-state index contributed by atoms with van der Waals surface area (Å²) in [5, 5.41) is 9.32. The fraction of sp³-hybridized carbons (Fsp3) is 0.250. The Morgan fingerprint density at radius 3 is 2.08 bits per heavy atom. The molecule has 1 heterocycles. The van der Waals surface area contributed by atoms with E-state index in [1.165, 1.54) is 22.9 Å². The number of benzene rings is 2. The first-order chi connectivity index (χ1) is 12.0. The van der Waals surface area contributed by atoms with Gasteiger partial charge in [-0.05, 0) is 39.8 Å². The SMILES string of the molecule is CC(=O)C(C)Sc1nnc(-c2ccc(C)cc2)n1-c1ccc(C)cc1. The molecular formula is C20H21N3OS. The van der Waals surface area contributed by atoms with Crippen molar-refractivity contribution in [1.29, 1.82) is 0 Å². The minimum Gasteiger partial charge on any atom is -0.299 e. The summed E-state index contributed by atoms with van der Waals surface area (Å²) in [6.45, 7) is 7.62. The van der Waals surface area contributed by atoms with E-state index in [0.29, 0.717) is 0 Å². The van der Waals surface area contributed by atoms with Gasteiger partial charge in [-0.3, -0.25) is 9.36 Å². The van der Waals surface area contributed by atoms with Gasteiger partial charge in [0.2, 0.25) is 0 Å². The Morgan fingerprint density at radius 1 is 0.960 bits per heavy atom. The van der Waals surface area contributed by atoms with Crippen LogP contribution in [0.2, 0.25) is 0 Å². The maximum absolute atomic E-state index is 11.7. The summed E-state index contributed by atoms with van der Waals surface area (Å²) in [4.78, 5) is 11.7. The van der Waals surface area contributed by atoms with Gasteiger partial charge in [-0.2, -0.15) is 0 Å². The second kappa shape index (κ2) is 7.23. The van der Waals surface area contributed by atoms with Crippen molar-refractivity contribution in [2.24, 2.45) is 0 Å². The van der Waals surface area contributed by atoms with E-state index in [4.69, 9.17) is 0 Å². The molecular weight excluding hydrogens is 330 g/mol. The predicted octanol–water partition coefficient (Wildman–Crippen LogP) is 4.62. The highest BCUT2D eigenvalue weighted by atomic mass is 32.2. The molecule has 0 radical (unpaired) electrons. The second-order valence-electron chi connectivity index (χ2n) is 6.21. The summed E-state index contributed by atoms with van der Waals surface area (Å²) in [5.41, 5.74) is 4.38. The van der Waals surface area contributed by atoms with Gasteiger partial charge in [0.1, 0.15) is 5.78 Å². The maximum Gasteiger partial charge on any atom is 0.196 e. The lowest BCUT2D eigenvalue weighted by Crippen LogP contribution is -2.10. The molecule has 0 bridgehead atoms. The summed E-state index contributed by atoms with van der Waals surface area (Å²) in [6, 6.07) is 16.5. The van der Waals surface area contributed by atoms with Gasteiger partial charge in [0, 0.05) is 11.3 Å². The third-order valence-electron chi connectivity index (χ3n) is 4.09. The molecule has 4 nitrogen and oxygen atoms in total. The van der Waals surface area contributed by atoms with Crippen molar-refractivity contribution in [1.82, 2.24) is 14.8 Å². The summed E-state index contributed by atoms with van der Waals surface area (Å²) in [5.74, 6) is 0.905. The molecule has 0 saturated carbocycles. The van der Waals surface area contributed by atoms with Crippen molar-refractivity contribution in [3.05, 3.63) is 59.7 Å². The molecule has 1 atom stereocenters. The Balaban J connectivity index is 2.12. The number of nitrogens with zero attached hydrogens (tertiary/aromatic N) is 3. The summed E-state index contributed by atoms with van der Waals surface area (Å²) >= 11 is 1.44. The van der Waals surface area contributed by atoms with Crippen LogP contribution in [0.1, 0.15) is 25.0 Å². The first-order valence-electron chi connectivity index (χ1n) is 8.22. The van der Waals surface area contributed by atoms with Gasteiger partial charge in [0.15, 0.2) is 11.0 Å². The molecule has 0 saturated heterocycles. The Bertz CT molecular complexity index is 882. The van der Waals surface area contributed by atoms with Crippen molar-refractivity contribution in [2.45, 2.75) is 38.1 Å². The molecule has 0 aliphatic heterocycles. The molecule has 0 aliphatic rings. The predicted molar refractivity (Wildman–Crippen MR) is 102 cm³/mol. The molecule has 0 aliphatic carbocycles. The largest absolute Gasteiger partial charge is 0.299 e. The monoisotopic (exact) mass is 351 g/mol. The molecule has 0 N–H and O–H groups in total. The van der Waals surface area contributed by atoms with Crippen molar-refractivity contribution in [2.75, 3.05) is 0 Å². The average molecular weight is 351 g/mol. The number of rotatable bonds is 5. The zero-order chi connectivity index (χ0) is 18.0. The lowest BCUT2D eigenvalue weighted by molar-refractivity contribution is -0.116. The van der Waals surface area contributed by atoms with Crippen molar-refractivity contribution >= 4 is 17.5 Å². The molecule has 1 unspecified atom stereocenters. The zero-order valence-electron chi connectivity index (χ0n) is 14.9. The molecule has 0 spiro atoms. The summed E-state index contributed by atoms with van der Waals surface area (Å²) < 4.78 is 2.02. The first-order valence-corrected chi connectivity index (χ1v) is 9.10. The quantitative estimate of drug-likeness (QED) is 0.629. The molecule has 3 aromatic rings. The average Bonchev–Trinajstić information content (AvgIpc) is 2.99. The van der Waals surface area contributed by atoms with E-state index in [9.17, 15) is 4.79 Å². The van der Waals surface area contributed by atoms with Gasteiger partial charge < -0.3 is 0 Å². The third-order valence-corrected chi connectivity index (χ3v) is 5.25. The standard InChI is InChI=1S/C20H21N3OS/c1-13-5-9-17(10-6-13)19-21-22-20(25-16(4)15(3)24)23(19)18-11-7-14(2)8-12-18/h5-12,16H,1-4H3. The number of thioether (sulfide) groups is 1. The van der Waals surface area contributed by atoms with Crippen LogP contribution in [0.25, 0.3) is 17.1 Å². The van der Waals surface area contributed by atoms with Crippen molar-refractivity contribution in [3.63, 3.8) is 0 Å². The number of ketones is 1. The van der Waals surface area contributed by atoms with Gasteiger partial charge >= 0.3 is 0 Å². The summed E-state index contributed by atoms with van der Waals surface area (Å²) in [6.07, 6.45) is 0. The highest BCUT2D eigenvalue weighted by molar-refractivity contribution is 8.00. The van der Waals surface area contributed by atoms with Crippen LogP contribution in [0.15, 0.2) is 53.7 Å². The lowest BCUT2D eigenvalue weighted by Gasteiger charge is -2.12. The van der Waals surface area contributed by atoms with Gasteiger partial charge in [0.05, 0.1) is 5.25 Å². The second-order valence-corrected chi connectivity index (χ2v) is 7.52. The van der Waals surface area contributed by atoms with Crippen LogP contribution in [-0.2, 0) is 4.79 Å². The van der Waals surface area contributed by atoms with Crippen LogP contribution < -0.4 is 0 Å². The van der Waals surface area contributed by atoms with Crippen LogP contribution in [0.3, 0.4) is 0 Å². The summed E-state index contributed by atoms with van der Waals surface area (Å²) in [7, 11) is 0. The number of carbonyl (C=O) groups is 1. The van der Waals surface area contributed by atoms with Crippen molar-refractivity contribution < 1.29 is 4.79 Å². The third kappa shape index (κ3) is 3.82. The molecule has 5 heteroatoms. The van der Waals surface area contributed by atoms with Crippen LogP contribution in [0.5, 0.6) is 0 Å². The molecule has 2 aromatic carbocycles. The Labute approximate surface area is 152 Å². The maximum atomic E-state index is 11.7. The lowest BCUT2D eigenvalue weighted by atomic mass is 10.1.